The third-order valence-corrected chi connectivity index (χ3v) is 4.65. The number of aromatic nitrogens is 2. The van der Waals surface area contributed by atoms with Crippen LogP contribution in [0.5, 0.6) is 0 Å². The highest BCUT2D eigenvalue weighted by Gasteiger charge is 2.09. The molecule has 0 radical (unpaired) electrons. The second-order valence-electron chi connectivity index (χ2n) is 4.36. The van der Waals surface area contributed by atoms with E-state index in [0.29, 0.717) is 0 Å². The molecule has 0 fully saturated rings. The summed E-state index contributed by atoms with van der Waals surface area (Å²) in [6.45, 7) is 0. The van der Waals surface area contributed by atoms with Crippen LogP contribution in [0.25, 0.3) is 26.4 Å². The van der Waals surface area contributed by atoms with E-state index in [1.165, 1.54) is 10.2 Å². The van der Waals surface area contributed by atoms with Crippen LogP contribution in [-0.2, 0) is 0 Å². The van der Waals surface area contributed by atoms with Crippen molar-refractivity contribution >= 4 is 42.4 Å². The predicted molar refractivity (Wildman–Crippen MR) is 83.7 cm³/mol. The van der Waals surface area contributed by atoms with E-state index < -0.39 is 0 Å². The lowest BCUT2D eigenvalue weighted by Crippen LogP contribution is -1.77. The summed E-state index contributed by atoms with van der Waals surface area (Å²) in [6, 6.07) is 16.6. The monoisotopic (exact) mass is 328 g/mol. The lowest BCUT2D eigenvalue weighted by atomic mass is 10.2. The van der Waals surface area contributed by atoms with Gasteiger partial charge in [0, 0.05) is 16.2 Å². The molecule has 4 heteroatoms. The summed E-state index contributed by atoms with van der Waals surface area (Å²) in [5.74, 6) is 0. The highest BCUT2D eigenvalue weighted by Crippen LogP contribution is 2.30. The zero-order valence-electron chi connectivity index (χ0n) is 9.88. The molecule has 0 saturated heterocycles. The van der Waals surface area contributed by atoms with Gasteiger partial charge < -0.3 is 0 Å². The maximum absolute atomic E-state index is 4.72. The Hall–Kier alpha value is -1.65. The Kier molecular flexibility index (Phi) is 2.47. The second kappa shape index (κ2) is 4.18. The molecule has 0 aliphatic heterocycles. The van der Waals surface area contributed by atoms with Crippen LogP contribution in [0.15, 0.2) is 59.2 Å². The Bertz CT molecular complexity index is 877. The van der Waals surface area contributed by atoms with E-state index in [4.69, 9.17) is 4.98 Å². The molecule has 0 amide bonds. The molecule has 2 nitrogen and oxygen atoms in total. The largest absolute Gasteiger partial charge is 0.290 e. The topological polar surface area (TPSA) is 17.3 Å². The van der Waals surface area contributed by atoms with Crippen molar-refractivity contribution in [2.45, 2.75) is 0 Å². The summed E-state index contributed by atoms with van der Waals surface area (Å²) in [5.41, 5.74) is 3.37. The van der Waals surface area contributed by atoms with Crippen LogP contribution in [0.3, 0.4) is 0 Å². The molecule has 0 atom stereocenters. The molecule has 4 aromatic rings. The molecule has 0 aliphatic rings. The molecule has 2 aromatic carbocycles. The normalized spacial score (nSPS) is 11.4. The van der Waals surface area contributed by atoms with Crippen molar-refractivity contribution < 1.29 is 0 Å². The summed E-state index contributed by atoms with van der Waals surface area (Å²) in [4.78, 5) is 5.75. The number of nitrogens with zero attached hydrogens (tertiary/aromatic N) is 2. The summed E-state index contributed by atoms with van der Waals surface area (Å²) < 4.78 is 4.51. The Morgan fingerprint density at radius 3 is 2.74 bits per heavy atom. The fourth-order valence-corrected chi connectivity index (χ4v) is 3.56. The molecule has 0 N–H and O–H groups in total. The molecule has 2 heterocycles. The van der Waals surface area contributed by atoms with Crippen molar-refractivity contribution in [1.82, 2.24) is 9.38 Å². The van der Waals surface area contributed by atoms with Gasteiger partial charge in [0.05, 0.1) is 15.9 Å². The summed E-state index contributed by atoms with van der Waals surface area (Å²) in [7, 11) is 0. The lowest BCUT2D eigenvalue weighted by Gasteiger charge is -1.94. The minimum Gasteiger partial charge on any atom is -0.290 e. The third kappa shape index (κ3) is 1.79. The van der Waals surface area contributed by atoms with Crippen LogP contribution in [0.1, 0.15) is 0 Å². The molecule has 0 unspecified atom stereocenters. The number of rotatable bonds is 1. The first-order chi connectivity index (χ1) is 9.31. The van der Waals surface area contributed by atoms with Crippen LogP contribution in [-0.4, -0.2) is 9.38 Å². The number of fused-ring (bicyclic) bond motifs is 3. The predicted octanol–water partition coefficient (Wildman–Crippen LogP) is 4.98. The van der Waals surface area contributed by atoms with Gasteiger partial charge in [-0.3, -0.25) is 4.40 Å². The molecule has 4 rings (SSSR count). The Morgan fingerprint density at radius 1 is 1.05 bits per heavy atom. The Balaban J connectivity index is 2.00. The van der Waals surface area contributed by atoms with Crippen molar-refractivity contribution in [2.24, 2.45) is 0 Å². The average molecular weight is 329 g/mol. The van der Waals surface area contributed by atoms with Gasteiger partial charge in [-0.25, -0.2) is 4.98 Å². The van der Waals surface area contributed by atoms with Crippen LogP contribution in [0, 0.1) is 0 Å². The van der Waals surface area contributed by atoms with Crippen molar-refractivity contribution in [1.29, 1.82) is 0 Å². The maximum Gasteiger partial charge on any atom is 0.195 e. The molecule has 0 saturated carbocycles. The minimum absolute atomic E-state index is 1.02. The van der Waals surface area contributed by atoms with Crippen molar-refractivity contribution in [3.8, 4) is 11.3 Å². The van der Waals surface area contributed by atoms with E-state index in [1.807, 2.05) is 18.2 Å². The van der Waals surface area contributed by atoms with Gasteiger partial charge in [-0.2, -0.15) is 0 Å². The van der Waals surface area contributed by atoms with Crippen molar-refractivity contribution in [3.05, 3.63) is 59.2 Å². The maximum atomic E-state index is 4.72. The van der Waals surface area contributed by atoms with Gasteiger partial charge >= 0.3 is 0 Å². The van der Waals surface area contributed by atoms with Gasteiger partial charge in [0.2, 0.25) is 0 Å². The Labute approximate surface area is 122 Å². The van der Waals surface area contributed by atoms with E-state index in [-0.39, 0.29) is 0 Å². The SMILES string of the molecule is Brc1ccc2sc3nc(-c4ccccc4)cn3c2c1. The van der Waals surface area contributed by atoms with Crippen molar-refractivity contribution in [3.63, 3.8) is 0 Å². The summed E-state index contributed by atoms with van der Waals surface area (Å²) in [6.07, 6.45) is 2.11. The molecule has 0 bridgehead atoms. The lowest BCUT2D eigenvalue weighted by molar-refractivity contribution is 1.29. The van der Waals surface area contributed by atoms with Crippen LogP contribution < -0.4 is 0 Å². The average Bonchev–Trinajstić information content (AvgIpc) is 2.98. The number of benzene rings is 2. The molecular weight excluding hydrogens is 320 g/mol. The number of imidazole rings is 1. The van der Waals surface area contributed by atoms with Gasteiger partial charge in [0.25, 0.3) is 0 Å². The quantitative estimate of drug-likeness (QED) is 0.481. The van der Waals surface area contributed by atoms with Crippen molar-refractivity contribution in [2.75, 3.05) is 0 Å². The molecular formula is C15H9BrN2S. The number of halogens is 1. The molecule has 92 valence electrons. The third-order valence-electron chi connectivity index (χ3n) is 3.12. The summed E-state index contributed by atoms with van der Waals surface area (Å²) in [5, 5.41) is 0. The molecule has 19 heavy (non-hydrogen) atoms. The zero-order valence-corrected chi connectivity index (χ0v) is 12.3. The van der Waals surface area contributed by atoms with Crippen LogP contribution in [0.2, 0.25) is 0 Å². The van der Waals surface area contributed by atoms with E-state index in [1.54, 1.807) is 11.3 Å². The first kappa shape index (κ1) is 11.2. The molecule has 0 spiro atoms. The molecule has 2 aromatic heterocycles. The van der Waals surface area contributed by atoms with E-state index >= 15 is 0 Å². The van der Waals surface area contributed by atoms with E-state index in [2.05, 4.69) is 56.9 Å². The Morgan fingerprint density at radius 2 is 1.89 bits per heavy atom. The van der Waals surface area contributed by atoms with Gasteiger partial charge in [-0.15, -0.1) is 0 Å². The van der Waals surface area contributed by atoms with Crippen LogP contribution >= 0.6 is 27.3 Å². The first-order valence-electron chi connectivity index (χ1n) is 5.94. The highest BCUT2D eigenvalue weighted by molar-refractivity contribution is 9.10. The van der Waals surface area contributed by atoms with E-state index in [0.717, 1.165) is 20.7 Å². The molecule has 0 aliphatic carbocycles. The van der Waals surface area contributed by atoms with Gasteiger partial charge in [-0.05, 0) is 18.2 Å². The van der Waals surface area contributed by atoms with Gasteiger partial charge in [0.15, 0.2) is 4.96 Å². The van der Waals surface area contributed by atoms with Gasteiger partial charge in [-0.1, -0.05) is 57.6 Å². The van der Waals surface area contributed by atoms with E-state index in [9.17, 15) is 0 Å². The fraction of sp³-hybridized carbons (Fsp3) is 0. The fourth-order valence-electron chi connectivity index (χ4n) is 2.22. The number of hydrogen-bond donors (Lipinski definition) is 0. The highest BCUT2D eigenvalue weighted by atomic mass is 79.9. The van der Waals surface area contributed by atoms with Gasteiger partial charge in [0.1, 0.15) is 0 Å². The smallest absolute Gasteiger partial charge is 0.195 e. The zero-order chi connectivity index (χ0) is 12.8. The van der Waals surface area contributed by atoms with Crippen LogP contribution in [0.4, 0.5) is 0 Å². The standard InChI is InChI=1S/C15H9BrN2S/c16-11-6-7-14-13(8-11)18-9-12(17-15(18)19-14)10-4-2-1-3-5-10/h1-9H. The second-order valence-corrected chi connectivity index (χ2v) is 6.28. The summed E-state index contributed by atoms with van der Waals surface area (Å²) >= 11 is 5.24. The number of hydrogen-bond acceptors (Lipinski definition) is 2. The number of thiazole rings is 1. The minimum atomic E-state index is 1.02. The first-order valence-corrected chi connectivity index (χ1v) is 7.55.